The Balaban J connectivity index is 2.12. The zero-order chi connectivity index (χ0) is 12.7. The number of rotatable bonds is 6. The van der Waals surface area contributed by atoms with Crippen molar-refractivity contribution in [2.24, 2.45) is 0 Å². The summed E-state index contributed by atoms with van der Waals surface area (Å²) in [7, 11) is 0. The topological polar surface area (TPSA) is 55.4 Å². The third-order valence-corrected chi connectivity index (χ3v) is 2.82. The predicted octanol–water partition coefficient (Wildman–Crippen LogP) is 2.21. The van der Waals surface area contributed by atoms with Crippen LogP contribution in [0.5, 0.6) is 0 Å². The molecule has 0 aliphatic carbocycles. The van der Waals surface area contributed by atoms with Crippen molar-refractivity contribution in [1.29, 1.82) is 0 Å². The molecule has 17 heavy (non-hydrogen) atoms. The molecule has 0 atom stereocenters. The van der Waals surface area contributed by atoms with Gasteiger partial charge in [-0.2, -0.15) is 0 Å². The van der Waals surface area contributed by atoms with Crippen molar-refractivity contribution < 1.29 is 14.3 Å². The number of carbonyl (C=O) groups is 2. The largest absolute Gasteiger partial charge is 0.463 e. The summed E-state index contributed by atoms with van der Waals surface area (Å²) < 4.78 is 4.98. The first kappa shape index (κ1) is 13.7. The molecule has 5 heteroatoms. The van der Waals surface area contributed by atoms with Crippen LogP contribution in [0.25, 0.3) is 0 Å². The van der Waals surface area contributed by atoms with Crippen LogP contribution >= 0.6 is 11.3 Å². The van der Waals surface area contributed by atoms with Crippen molar-refractivity contribution in [3.05, 3.63) is 22.4 Å². The van der Waals surface area contributed by atoms with E-state index in [0.29, 0.717) is 24.3 Å². The predicted molar refractivity (Wildman–Crippen MR) is 67.1 cm³/mol. The van der Waals surface area contributed by atoms with Gasteiger partial charge in [0.1, 0.15) is 0 Å². The highest BCUT2D eigenvalue weighted by Gasteiger charge is 2.07. The highest BCUT2D eigenvalue weighted by molar-refractivity contribution is 7.12. The third kappa shape index (κ3) is 5.49. The molecule has 1 rings (SSSR count). The lowest BCUT2D eigenvalue weighted by Crippen LogP contribution is -2.24. The summed E-state index contributed by atoms with van der Waals surface area (Å²) in [4.78, 5) is 23.4. The molecule has 94 valence electrons. The molecule has 1 aromatic rings. The van der Waals surface area contributed by atoms with Gasteiger partial charge in [-0.15, -0.1) is 11.3 Å². The van der Waals surface area contributed by atoms with Crippen molar-refractivity contribution >= 4 is 23.2 Å². The van der Waals surface area contributed by atoms with Gasteiger partial charge in [0.2, 0.25) is 0 Å². The van der Waals surface area contributed by atoms with Crippen LogP contribution in [-0.2, 0) is 9.53 Å². The lowest BCUT2D eigenvalue weighted by molar-refractivity contribution is -0.147. The molecule has 0 aliphatic rings. The Morgan fingerprint density at radius 2 is 2.24 bits per heavy atom. The minimum Gasteiger partial charge on any atom is -0.463 e. The normalized spacial score (nSPS) is 10.3. The van der Waals surface area contributed by atoms with Crippen LogP contribution in [0.4, 0.5) is 0 Å². The Bertz CT molecular complexity index is 360. The van der Waals surface area contributed by atoms with Gasteiger partial charge >= 0.3 is 5.97 Å². The van der Waals surface area contributed by atoms with E-state index in [-0.39, 0.29) is 18.0 Å². The van der Waals surface area contributed by atoms with E-state index in [1.54, 1.807) is 6.07 Å². The Morgan fingerprint density at radius 3 is 2.82 bits per heavy atom. The fourth-order valence-electron chi connectivity index (χ4n) is 1.25. The van der Waals surface area contributed by atoms with Crippen LogP contribution in [0.15, 0.2) is 17.5 Å². The number of hydrogen-bond donors (Lipinski definition) is 1. The van der Waals surface area contributed by atoms with E-state index in [0.717, 1.165) is 0 Å². The Kier molecular flexibility index (Phi) is 5.69. The van der Waals surface area contributed by atoms with E-state index in [1.165, 1.54) is 11.3 Å². The first-order chi connectivity index (χ1) is 8.09. The highest BCUT2D eigenvalue weighted by atomic mass is 32.1. The number of nitrogens with one attached hydrogen (secondary N) is 1. The first-order valence-corrected chi connectivity index (χ1v) is 6.48. The molecule has 0 aromatic carbocycles. The highest BCUT2D eigenvalue weighted by Crippen LogP contribution is 2.07. The maximum Gasteiger partial charge on any atom is 0.306 e. The second-order valence-corrected chi connectivity index (χ2v) is 4.82. The summed E-state index contributed by atoms with van der Waals surface area (Å²) in [6.45, 7) is 4.12. The molecular formula is C12H17NO3S. The van der Waals surface area contributed by atoms with Crippen LogP contribution in [0.1, 0.15) is 36.4 Å². The van der Waals surface area contributed by atoms with Gasteiger partial charge in [-0.3, -0.25) is 9.59 Å². The fraction of sp³-hybridized carbons (Fsp3) is 0.500. The monoisotopic (exact) mass is 255 g/mol. The van der Waals surface area contributed by atoms with Crippen molar-refractivity contribution in [2.75, 3.05) is 6.54 Å². The molecule has 0 aliphatic heterocycles. The van der Waals surface area contributed by atoms with E-state index in [4.69, 9.17) is 4.74 Å². The molecule has 1 heterocycles. The molecule has 0 radical (unpaired) electrons. The zero-order valence-corrected chi connectivity index (χ0v) is 10.9. The minimum atomic E-state index is -0.217. The molecule has 1 aromatic heterocycles. The van der Waals surface area contributed by atoms with Crippen LogP contribution < -0.4 is 5.32 Å². The lowest BCUT2D eigenvalue weighted by atomic mass is 10.3. The van der Waals surface area contributed by atoms with E-state index in [2.05, 4.69) is 5.32 Å². The number of ether oxygens (including phenoxy) is 1. The average molecular weight is 255 g/mol. The molecule has 0 saturated carbocycles. The van der Waals surface area contributed by atoms with E-state index < -0.39 is 0 Å². The Hall–Kier alpha value is -1.36. The fourth-order valence-corrected chi connectivity index (χ4v) is 1.89. The van der Waals surface area contributed by atoms with Crippen LogP contribution in [-0.4, -0.2) is 24.5 Å². The molecule has 1 amide bonds. The standard InChI is InChI=1S/C12H17NO3S/c1-9(2)16-11(14)6-3-7-13-12(15)10-5-4-8-17-10/h4-5,8-9H,3,6-7H2,1-2H3,(H,13,15). The molecule has 4 nitrogen and oxygen atoms in total. The minimum absolute atomic E-state index is 0.0804. The van der Waals surface area contributed by atoms with Crippen molar-refractivity contribution in [3.8, 4) is 0 Å². The smallest absolute Gasteiger partial charge is 0.306 e. The number of thiophene rings is 1. The quantitative estimate of drug-likeness (QED) is 0.626. The molecular weight excluding hydrogens is 238 g/mol. The summed E-state index contributed by atoms with van der Waals surface area (Å²) in [6, 6.07) is 3.60. The summed E-state index contributed by atoms with van der Waals surface area (Å²) in [5.41, 5.74) is 0. The van der Waals surface area contributed by atoms with Crippen LogP contribution in [0.2, 0.25) is 0 Å². The second-order valence-electron chi connectivity index (χ2n) is 3.88. The number of esters is 1. The van der Waals surface area contributed by atoms with Crippen molar-refractivity contribution in [1.82, 2.24) is 5.32 Å². The summed E-state index contributed by atoms with van der Waals surface area (Å²) in [5, 5.41) is 4.61. The molecule has 0 fully saturated rings. The van der Waals surface area contributed by atoms with Gasteiger partial charge in [-0.05, 0) is 31.7 Å². The Labute approximate surface area is 105 Å². The molecule has 0 unspecified atom stereocenters. The van der Waals surface area contributed by atoms with Gasteiger partial charge in [-0.1, -0.05) is 6.07 Å². The van der Waals surface area contributed by atoms with Gasteiger partial charge in [0.25, 0.3) is 5.91 Å². The summed E-state index contributed by atoms with van der Waals surface area (Å²) in [6.07, 6.45) is 0.856. The summed E-state index contributed by atoms with van der Waals surface area (Å²) >= 11 is 1.40. The average Bonchev–Trinajstić information content (AvgIpc) is 2.76. The lowest BCUT2D eigenvalue weighted by Gasteiger charge is -2.07. The number of hydrogen-bond acceptors (Lipinski definition) is 4. The molecule has 1 N–H and O–H groups in total. The molecule has 0 saturated heterocycles. The first-order valence-electron chi connectivity index (χ1n) is 5.61. The third-order valence-electron chi connectivity index (χ3n) is 1.96. The van der Waals surface area contributed by atoms with E-state index in [9.17, 15) is 9.59 Å². The van der Waals surface area contributed by atoms with Crippen LogP contribution in [0.3, 0.4) is 0 Å². The maximum atomic E-state index is 11.5. The SMILES string of the molecule is CC(C)OC(=O)CCCNC(=O)c1cccs1. The van der Waals surface area contributed by atoms with Gasteiger partial charge < -0.3 is 10.1 Å². The second kappa shape index (κ2) is 7.06. The van der Waals surface area contributed by atoms with Gasteiger partial charge in [0.15, 0.2) is 0 Å². The van der Waals surface area contributed by atoms with Crippen molar-refractivity contribution in [2.45, 2.75) is 32.8 Å². The summed E-state index contributed by atoms with van der Waals surface area (Å²) in [5.74, 6) is -0.303. The number of amides is 1. The van der Waals surface area contributed by atoms with Crippen molar-refractivity contribution in [3.63, 3.8) is 0 Å². The number of carbonyl (C=O) groups excluding carboxylic acids is 2. The van der Waals surface area contributed by atoms with E-state index >= 15 is 0 Å². The molecule has 0 bridgehead atoms. The Morgan fingerprint density at radius 1 is 1.47 bits per heavy atom. The van der Waals surface area contributed by atoms with Gasteiger partial charge in [0.05, 0.1) is 11.0 Å². The van der Waals surface area contributed by atoms with Gasteiger partial charge in [0, 0.05) is 13.0 Å². The zero-order valence-electron chi connectivity index (χ0n) is 10.1. The molecule has 0 spiro atoms. The van der Waals surface area contributed by atoms with Gasteiger partial charge in [-0.25, -0.2) is 0 Å². The van der Waals surface area contributed by atoms with E-state index in [1.807, 2.05) is 25.3 Å². The maximum absolute atomic E-state index is 11.5. The van der Waals surface area contributed by atoms with Crippen LogP contribution in [0, 0.1) is 0 Å².